The molecule has 5 nitrogen and oxygen atoms in total. The van der Waals surface area contributed by atoms with Crippen molar-refractivity contribution < 1.29 is 23.5 Å². The lowest BCUT2D eigenvalue weighted by Crippen LogP contribution is -2.38. The molecule has 1 rings (SSSR count). The summed E-state index contributed by atoms with van der Waals surface area (Å²) in [5, 5.41) is 13.5. The number of halogens is 2. The fourth-order valence-corrected chi connectivity index (χ4v) is 1.83. The zero-order valence-corrected chi connectivity index (χ0v) is 11.7. The van der Waals surface area contributed by atoms with Crippen LogP contribution in [0.25, 0.3) is 0 Å². The van der Waals surface area contributed by atoms with Crippen LogP contribution in [0.2, 0.25) is 0 Å². The van der Waals surface area contributed by atoms with Crippen molar-refractivity contribution in [3.05, 3.63) is 35.4 Å². The van der Waals surface area contributed by atoms with Gasteiger partial charge < -0.3 is 15.7 Å². The molecule has 0 saturated carbocycles. The van der Waals surface area contributed by atoms with Gasteiger partial charge in [0, 0.05) is 18.5 Å². The van der Waals surface area contributed by atoms with E-state index in [9.17, 15) is 18.4 Å². The maximum atomic E-state index is 13.6. The molecule has 0 aliphatic carbocycles. The van der Waals surface area contributed by atoms with E-state index in [-0.39, 0.29) is 18.5 Å². The SMILES string of the molecule is CCC(NC(=O)NCCCC(=O)O)c1cc(F)ccc1F. The summed E-state index contributed by atoms with van der Waals surface area (Å²) in [6, 6.07) is 1.88. The van der Waals surface area contributed by atoms with Gasteiger partial charge in [0.25, 0.3) is 0 Å². The molecule has 0 aliphatic heterocycles. The molecular weight excluding hydrogens is 282 g/mol. The van der Waals surface area contributed by atoms with E-state index in [1.54, 1.807) is 6.92 Å². The van der Waals surface area contributed by atoms with E-state index in [0.29, 0.717) is 12.8 Å². The molecule has 0 bridgehead atoms. The summed E-state index contributed by atoms with van der Waals surface area (Å²) in [4.78, 5) is 22.0. The summed E-state index contributed by atoms with van der Waals surface area (Å²) in [5.74, 6) is -2.10. The summed E-state index contributed by atoms with van der Waals surface area (Å²) >= 11 is 0. The van der Waals surface area contributed by atoms with Crippen molar-refractivity contribution in [2.75, 3.05) is 6.54 Å². The van der Waals surface area contributed by atoms with Crippen LogP contribution in [0.1, 0.15) is 37.8 Å². The molecule has 7 heteroatoms. The summed E-state index contributed by atoms with van der Waals surface area (Å²) in [5.41, 5.74) is 0.0817. The van der Waals surface area contributed by atoms with Crippen LogP contribution in [0.4, 0.5) is 13.6 Å². The molecule has 3 N–H and O–H groups in total. The van der Waals surface area contributed by atoms with Crippen molar-refractivity contribution in [3.63, 3.8) is 0 Å². The number of nitrogens with one attached hydrogen (secondary N) is 2. The minimum Gasteiger partial charge on any atom is -0.481 e. The van der Waals surface area contributed by atoms with Gasteiger partial charge in [0.15, 0.2) is 0 Å². The van der Waals surface area contributed by atoms with Crippen molar-refractivity contribution in [1.29, 1.82) is 0 Å². The molecular formula is C14H18F2N2O3. The van der Waals surface area contributed by atoms with E-state index >= 15 is 0 Å². The van der Waals surface area contributed by atoms with E-state index in [1.165, 1.54) is 0 Å². The van der Waals surface area contributed by atoms with Gasteiger partial charge in [-0.3, -0.25) is 4.79 Å². The maximum absolute atomic E-state index is 13.6. The number of urea groups is 1. The highest BCUT2D eigenvalue weighted by Gasteiger charge is 2.17. The molecule has 1 aromatic carbocycles. The van der Waals surface area contributed by atoms with Gasteiger partial charge >= 0.3 is 12.0 Å². The quantitative estimate of drug-likeness (QED) is 0.677. The first-order chi connectivity index (χ1) is 9.93. The number of carbonyl (C=O) groups excluding carboxylic acids is 1. The van der Waals surface area contributed by atoms with Crippen LogP contribution >= 0.6 is 0 Å². The van der Waals surface area contributed by atoms with Gasteiger partial charge in [-0.25, -0.2) is 13.6 Å². The van der Waals surface area contributed by atoms with Crippen LogP contribution in [-0.4, -0.2) is 23.7 Å². The molecule has 0 fully saturated rings. The first-order valence-electron chi connectivity index (χ1n) is 6.65. The molecule has 0 heterocycles. The van der Waals surface area contributed by atoms with Crippen molar-refractivity contribution in [2.45, 2.75) is 32.2 Å². The molecule has 1 unspecified atom stereocenters. The largest absolute Gasteiger partial charge is 0.481 e. The topological polar surface area (TPSA) is 78.4 Å². The number of hydrogen-bond acceptors (Lipinski definition) is 2. The van der Waals surface area contributed by atoms with Gasteiger partial charge in [-0.15, -0.1) is 0 Å². The van der Waals surface area contributed by atoms with Crippen LogP contribution in [0.5, 0.6) is 0 Å². The van der Waals surface area contributed by atoms with Crippen molar-refractivity contribution in [3.8, 4) is 0 Å². The number of carboxylic acid groups (broad SMARTS) is 1. The molecule has 2 amide bonds. The Balaban J connectivity index is 2.55. The minimum absolute atomic E-state index is 0.0456. The third-order valence-electron chi connectivity index (χ3n) is 2.90. The molecule has 0 spiro atoms. The number of hydrogen-bond donors (Lipinski definition) is 3. The fraction of sp³-hybridized carbons (Fsp3) is 0.429. The molecule has 0 aliphatic rings. The zero-order chi connectivity index (χ0) is 15.8. The molecule has 0 radical (unpaired) electrons. The van der Waals surface area contributed by atoms with Gasteiger partial charge in [0.2, 0.25) is 0 Å². The predicted molar refractivity (Wildman–Crippen MR) is 72.8 cm³/mol. The number of carbonyl (C=O) groups is 2. The second-order valence-corrected chi connectivity index (χ2v) is 4.52. The maximum Gasteiger partial charge on any atom is 0.315 e. The van der Waals surface area contributed by atoms with Gasteiger partial charge in [0.1, 0.15) is 11.6 Å². The Labute approximate surface area is 121 Å². The predicted octanol–water partition coefficient (Wildman–Crippen LogP) is 2.58. The Morgan fingerprint density at radius 2 is 2.05 bits per heavy atom. The second-order valence-electron chi connectivity index (χ2n) is 4.52. The highest BCUT2D eigenvalue weighted by Crippen LogP contribution is 2.20. The van der Waals surface area contributed by atoms with E-state index < -0.39 is 29.7 Å². The van der Waals surface area contributed by atoms with Crippen molar-refractivity contribution in [1.82, 2.24) is 10.6 Å². The van der Waals surface area contributed by atoms with Gasteiger partial charge in [-0.2, -0.15) is 0 Å². The molecule has 1 atom stereocenters. The average Bonchev–Trinajstić information content (AvgIpc) is 2.43. The monoisotopic (exact) mass is 300 g/mol. The molecule has 0 aromatic heterocycles. The van der Waals surface area contributed by atoms with Crippen LogP contribution in [0, 0.1) is 11.6 Å². The lowest BCUT2D eigenvalue weighted by Gasteiger charge is -2.18. The Hall–Kier alpha value is -2.18. The van der Waals surface area contributed by atoms with Crippen molar-refractivity contribution in [2.24, 2.45) is 0 Å². The highest BCUT2D eigenvalue weighted by molar-refractivity contribution is 5.74. The Kier molecular flexibility index (Phi) is 6.58. The first kappa shape index (κ1) is 16.9. The number of amides is 2. The Morgan fingerprint density at radius 3 is 2.67 bits per heavy atom. The molecule has 21 heavy (non-hydrogen) atoms. The van der Waals surface area contributed by atoms with E-state index in [2.05, 4.69) is 10.6 Å². The summed E-state index contributed by atoms with van der Waals surface area (Å²) < 4.78 is 26.8. The standard InChI is InChI=1S/C14H18F2N2O3/c1-2-12(10-8-9(15)5-6-11(10)16)18-14(21)17-7-3-4-13(19)20/h5-6,8,12H,2-4,7H2,1H3,(H,19,20)(H2,17,18,21). The second kappa shape index (κ2) is 8.18. The van der Waals surface area contributed by atoms with Gasteiger partial charge in [-0.05, 0) is 31.0 Å². The van der Waals surface area contributed by atoms with Crippen LogP contribution in [-0.2, 0) is 4.79 Å². The normalized spacial score (nSPS) is 11.8. The van der Waals surface area contributed by atoms with Crippen LogP contribution in [0.15, 0.2) is 18.2 Å². The first-order valence-corrected chi connectivity index (χ1v) is 6.65. The summed E-state index contributed by atoms with van der Waals surface area (Å²) in [6.45, 7) is 1.93. The third kappa shape index (κ3) is 5.76. The summed E-state index contributed by atoms with van der Waals surface area (Å²) in [6.07, 6.45) is 0.646. The number of aliphatic carboxylic acids is 1. The van der Waals surface area contributed by atoms with E-state index in [1.807, 2.05) is 0 Å². The lowest BCUT2D eigenvalue weighted by atomic mass is 10.0. The van der Waals surface area contributed by atoms with Crippen LogP contribution < -0.4 is 10.6 Å². The van der Waals surface area contributed by atoms with Crippen LogP contribution in [0.3, 0.4) is 0 Å². The Bertz CT molecular complexity index is 509. The number of carboxylic acids is 1. The lowest BCUT2D eigenvalue weighted by molar-refractivity contribution is -0.137. The third-order valence-corrected chi connectivity index (χ3v) is 2.90. The van der Waals surface area contributed by atoms with E-state index in [4.69, 9.17) is 5.11 Å². The average molecular weight is 300 g/mol. The molecule has 116 valence electrons. The molecule has 0 saturated heterocycles. The summed E-state index contributed by atoms with van der Waals surface area (Å²) in [7, 11) is 0. The number of benzene rings is 1. The van der Waals surface area contributed by atoms with E-state index in [0.717, 1.165) is 18.2 Å². The highest BCUT2D eigenvalue weighted by atomic mass is 19.1. The molecule has 1 aromatic rings. The Morgan fingerprint density at radius 1 is 1.33 bits per heavy atom. The minimum atomic E-state index is -0.939. The fourth-order valence-electron chi connectivity index (χ4n) is 1.83. The zero-order valence-electron chi connectivity index (χ0n) is 11.7. The van der Waals surface area contributed by atoms with Crippen molar-refractivity contribution >= 4 is 12.0 Å². The smallest absolute Gasteiger partial charge is 0.315 e. The number of rotatable bonds is 7. The van der Waals surface area contributed by atoms with Gasteiger partial charge in [0.05, 0.1) is 6.04 Å². The van der Waals surface area contributed by atoms with Gasteiger partial charge in [-0.1, -0.05) is 6.92 Å².